The Kier molecular flexibility index (Phi) is 5.73. The lowest BCUT2D eigenvalue weighted by molar-refractivity contribution is -0.144. The van der Waals surface area contributed by atoms with E-state index in [9.17, 15) is 4.79 Å². The van der Waals surface area contributed by atoms with Crippen molar-refractivity contribution in [2.75, 3.05) is 24.6 Å². The Morgan fingerprint density at radius 3 is 2.91 bits per heavy atom. The van der Waals surface area contributed by atoms with Crippen LogP contribution >= 0.6 is 22.9 Å². The summed E-state index contributed by atoms with van der Waals surface area (Å²) >= 11 is 7.80. The number of carbonyl (C=O) groups excluding carboxylic acids is 1. The van der Waals surface area contributed by atoms with E-state index >= 15 is 0 Å². The van der Waals surface area contributed by atoms with Crippen LogP contribution in [0.3, 0.4) is 0 Å². The average molecular weight is 475 g/mol. The molecule has 11 heteroatoms. The van der Waals surface area contributed by atoms with Gasteiger partial charge in [-0.1, -0.05) is 34.2 Å². The van der Waals surface area contributed by atoms with Gasteiger partial charge < -0.3 is 14.4 Å². The van der Waals surface area contributed by atoms with Crippen LogP contribution in [0.25, 0.3) is 10.7 Å². The first-order chi connectivity index (χ1) is 15.5. The Labute approximate surface area is 194 Å². The molecule has 2 aromatic heterocycles. The molecule has 0 unspecified atom stereocenters. The van der Waals surface area contributed by atoms with E-state index in [2.05, 4.69) is 25.4 Å². The molecule has 0 N–H and O–H groups in total. The number of ether oxygens (including phenoxy) is 2. The van der Waals surface area contributed by atoms with Gasteiger partial charge >= 0.3 is 5.97 Å². The molecule has 1 spiro atoms. The number of nitrogens with zero attached hydrogens (tertiary/aromatic N) is 6. The molecule has 168 valence electrons. The van der Waals surface area contributed by atoms with Crippen LogP contribution in [0, 0.1) is 0 Å². The van der Waals surface area contributed by atoms with Gasteiger partial charge in [0, 0.05) is 36.5 Å². The van der Waals surface area contributed by atoms with Crippen molar-refractivity contribution in [3.8, 4) is 16.5 Å². The molecule has 0 aliphatic carbocycles. The van der Waals surface area contributed by atoms with Gasteiger partial charge in [-0.25, -0.2) is 4.68 Å². The normalized spacial score (nSPS) is 17.1. The van der Waals surface area contributed by atoms with Crippen LogP contribution < -0.4 is 9.64 Å². The number of piperidine rings is 1. The number of benzene rings is 1. The number of hydrogen-bond donors (Lipinski definition) is 0. The fourth-order valence-corrected chi connectivity index (χ4v) is 5.34. The van der Waals surface area contributed by atoms with Crippen molar-refractivity contribution in [3.63, 3.8) is 0 Å². The van der Waals surface area contributed by atoms with E-state index in [-0.39, 0.29) is 18.1 Å². The highest BCUT2D eigenvalue weighted by Crippen LogP contribution is 2.42. The predicted molar refractivity (Wildman–Crippen MR) is 120 cm³/mol. The van der Waals surface area contributed by atoms with Gasteiger partial charge in [0.2, 0.25) is 5.13 Å². The quantitative estimate of drug-likeness (QED) is 0.519. The molecular weight excluding hydrogens is 452 g/mol. The Morgan fingerprint density at radius 1 is 1.25 bits per heavy atom. The molecule has 0 saturated carbocycles. The van der Waals surface area contributed by atoms with Gasteiger partial charge in [-0.3, -0.25) is 4.79 Å². The standard InChI is InChI=1S/C21H23ClN6O3S/c1-2-30-18(29)13-28-12-16(23-26-28)19-24-25-20(32-19)27-10-8-21(9-11-27)7-6-14-15(22)4-3-5-17(14)31-21/h3-5,12H,2,6-11,13H2,1H3. The zero-order valence-electron chi connectivity index (χ0n) is 17.7. The van der Waals surface area contributed by atoms with Crippen LogP contribution in [-0.4, -0.2) is 56.5 Å². The van der Waals surface area contributed by atoms with Crippen molar-refractivity contribution in [1.82, 2.24) is 25.2 Å². The number of halogens is 1. The summed E-state index contributed by atoms with van der Waals surface area (Å²) in [5.74, 6) is 0.570. The zero-order chi connectivity index (χ0) is 22.1. The van der Waals surface area contributed by atoms with E-state index in [0.717, 1.165) is 60.2 Å². The molecule has 0 atom stereocenters. The highest BCUT2D eigenvalue weighted by Gasteiger charge is 2.40. The van der Waals surface area contributed by atoms with Crippen LogP contribution in [0.4, 0.5) is 5.13 Å². The average Bonchev–Trinajstić information content (AvgIpc) is 3.44. The van der Waals surface area contributed by atoms with E-state index in [1.54, 1.807) is 13.1 Å². The highest BCUT2D eigenvalue weighted by atomic mass is 35.5. The second-order valence-electron chi connectivity index (χ2n) is 7.98. The smallest absolute Gasteiger partial charge is 0.327 e. The third-order valence-corrected chi connectivity index (χ3v) is 7.31. The predicted octanol–water partition coefficient (Wildman–Crippen LogP) is 3.38. The van der Waals surface area contributed by atoms with Gasteiger partial charge in [0.05, 0.1) is 12.8 Å². The number of aromatic nitrogens is 5. The van der Waals surface area contributed by atoms with Gasteiger partial charge in [-0.2, -0.15) is 0 Å². The summed E-state index contributed by atoms with van der Waals surface area (Å²) in [6.07, 6.45) is 5.44. The zero-order valence-corrected chi connectivity index (χ0v) is 19.2. The van der Waals surface area contributed by atoms with Crippen molar-refractivity contribution in [2.45, 2.75) is 44.8 Å². The summed E-state index contributed by atoms with van der Waals surface area (Å²) < 4.78 is 12.8. The van der Waals surface area contributed by atoms with Crippen LogP contribution in [0.5, 0.6) is 5.75 Å². The Balaban J connectivity index is 1.22. The summed E-state index contributed by atoms with van der Waals surface area (Å²) in [5, 5.41) is 19.1. The molecule has 0 radical (unpaired) electrons. The van der Waals surface area contributed by atoms with Crippen LogP contribution in [0.2, 0.25) is 5.02 Å². The van der Waals surface area contributed by atoms with Gasteiger partial charge in [-0.05, 0) is 31.9 Å². The Hall–Kier alpha value is -2.72. The molecule has 1 aromatic carbocycles. The largest absolute Gasteiger partial charge is 0.487 e. The highest BCUT2D eigenvalue weighted by molar-refractivity contribution is 7.18. The molecular formula is C21H23ClN6O3S. The lowest BCUT2D eigenvalue weighted by Gasteiger charge is -2.44. The minimum Gasteiger partial charge on any atom is -0.487 e. The van der Waals surface area contributed by atoms with Crippen molar-refractivity contribution < 1.29 is 14.3 Å². The van der Waals surface area contributed by atoms with E-state index in [1.165, 1.54) is 16.0 Å². The molecule has 1 fully saturated rings. The van der Waals surface area contributed by atoms with Crippen molar-refractivity contribution in [3.05, 3.63) is 35.0 Å². The SMILES string of the molecule is CCOC(=O)Cn1cc(-c2nnc(N3CCC4(CCc5c(Cl)cccc5O4)CC3)s2)nn1. The van der Waals surface area contributed by atoms with Crippen LogP contribution in [0.1, 0.15) is 31.7 Å². The van der Waals surface area contributed by atoms with E-state index in [1.807, 2.05) is 18.2 Å². The first-order valence-electron chi connectivity index (χ1n) is 10.7. The van der Waals surface area contributed by atoms with Gasteiger partial charge in [-0.15, -0.1) is 15.3 Å². The number of rotatable bonds is 5. The first-order valence-corrected chi connectivity index (χ1v) is 11.9. The fourth-order valence-electron chi connectivity index (χ4n) is 4.23. The maximum Gasteiger partial charge on any atom is 0.327 e. The Morgan fingerprint density at radius 2 is 2.09 bits per heavy atom. The number of fused-ring (bicyclic) bond motifs is 1. The molecule has 2 aliphatic heterocycles. The lowest BCUT2D eigenvalue weighted by atomic mass is 9.83. The Bertz CT molecular complexity index is 1120. The van der Waals surface area contributed by atoms with Crippen LogP contribution in [0.15, 0.2) is 24.4 Å². The monoisotopic (exact) mass is 474 g/mol. The molecule has 0 bridgehead atoms. The number of hydrogen-bond acceptors (Lipinski definition) is 9. The molecule has 1 saturated heterocycles. The summed E-state index contributed by atoms with van der Waals surface area (Å²) in [4.78, 5) is 13.9. The lowest BCUT2D eigenvalue weighted by Crippen LogP contribution is -2.49. The molecule has 3 aromatic rings. The van der Waals surface area contributed by atoms with Crippen molar-refractivity contribution in [1.29, 1.82) is 0 Å². The number of esters is 1. The number of anilines is 1. The molecule has 0 amide bonds. The van der Waals surface area contributed by atoms with E-state index in [4.69, 9.17) is 21.1 Å². The third-order valence-electron chi connectivity index (χ3n) is 5.95. The number of carbonyl (C=O) groups is 1. The summed E-state index contributed by atoms with van der Waals surface area (Å²) in [5.41, 5.74) is 1.57. The van der Waals surface area contributed by atoms with E-state index in [0.29, 0.717) is 17.3 Å². The van der Waals surface area contributed by atoms with Crippen LogP contribution in [-0.2, 0) is 22.5 Å². The van der Waals surface area contributed by atoms with Crippen molar-refractivity contribution in [2.24, 2.45) is 0 Å². The maximum atomic E-state index is 11.6. The molecule has 4 heterocycles. The summed E-state index contributed by atoms with van der Waals surface area (Å²) in [7, 11) is 0. The fraction of sp³-hybridized carbons (Fsp3) is 0.476. The molecule has 32 heavy (non-hydrogen) atoms. The van der Waals surface area contributed by atoms with Gasteiger partial charge in [0.15, 0.2) is 5.01 Å². The topological polar surface area (TPSA) is 95.3 Å². The summed E-state index contributed by atoms with van der Waals surface area (Å²) in [6.45, 7) is 3.82. The first kappa shape index (κ1) is 21.1. The van der Waals surface area contributed by atoms with E-state index < -0.39 is 0 Å². The summed E-state index contributed by atoms with van der Waals surface area (Å²) in [6, 6.07) is 5.88. The second kappa shape index (κ2) is 8.67. The molecule has 2 aliphatic rings. The minimum absolute atomic E-state index is 0.0229. The third kappa shape index (κ3) is 4.16. The second-order valence-corrected chi connectivity index (χ2v) is 9.35. The van der Waals surface area contributed by atoms with Crippen molar-refractivity contribution >= 4 is 34.0 Å². The molecule has 5 rings (SSSR count). The van der Waals surface area contributed by atoms with Gasteiger partial charge in [0.1, 0.15) is 23.6 Å². The maximum absolute atomic E-state index is 11.6. The molecule has 9 nitrogen and oxygen atoms in total. The van der Waals surface area contributed by atoms with Gasteiger partial charge in [0.25, 0.3) is 0 Å². The minimum atomic E-state index is -0.348.